The van der Waals surface area contributed by atoms with E-state index in [4.69, 9.17) is 0 Å². The van der Waals surface area contributed by atoms with Crippen molar-refractivity contribution in [1.29, 1.82) is 0 Å². The summed E-state index contributed by atoms with van der Waals surface area (Å²) in [4.78, 5) is 0. The van der Waals surface area contributed by atoms with Crippen LogP contribution in [0.15, 0.2) is 121 Å². The zero-order valence-corrected chi connectivity index (χ0v) is 26.7. The molecule has 0 heterocycles. The summed E-state index contributed by atoms with van der Waals surface area (Å²) in [6.07, 6.45) is 6.25. The maximum atomic E-state index is 2.26. The second kappa shape index (κ2) is 20.7. The average molecular weight is 537 g/mol. The Morgan fingerprint density at radius 2 is 0.975 bits per heavy atom. The van der Waals surface area contributed by atoms with E-state index in [-0.39, 0.29) is 0 Å². The molecule has 0 saturated heterocycles. The second-order valence-electron chi connectivity index (χ2n) is 12.0. The van der Waals surface area contributed by atoms with Crippen LogP contribution in [0.2, 0.25) is 0 Å². The number of rotatable bonds is 7. The summed E-state index contributed by atoms with van der Waals surface area (Å²) in [5.74, 6) is 1.48. The molecule has 1 atom stereocenters. The lowest BCUT2D eigenvalue weighted by molar-refractivity contribution is 0.590. The Morgan fingerprint density at radius 1 is 0.550 bits per heavy atom. The Kier molecular flexibility index (Phi) is 18.1. The van der Waals surface area contributed by atoms with Crippen molar-refractivity contribution in [2.45, 2.75) is 98.8 Å². The van der Waals surface area contributed by atoms with E-state index in [0.29, 0.717) is 11.3 Å². The molecule has 4 rings (SSSR count). The lowest BCUT2D eigenvalue weighted by atomic mass is 9.87. The number of hydrogen-bond acceptors (Lipinski definition) is 0. The fourth-order valence-corrected chi connectivity index (χ4v) is 4.07. The first-order chi connectivity index (χ1) is 19.2. The van der Waals surface area contributed by atoms with Crippen molar-refractivity contribution >= 4 is 0 Å². The van der Waals surface area contributed by atoms with Gasteiger partial charge in [-0.2, -0.15) is 0 Å². The van der Waals surface area contributed by atoms with E-state index in [9.17, 15) is 0 Å². The van der Waals surface area contributed by atoms with Crippen molar-refractivity contribution in [1.82, 2.24) is 0 Å². The Hall–Kier alpha value is -3.12. The minimum Gasteiger partial charge on any atom is -0.0654 e. The zero-order chi connectivity index (χ0) is 29.6. The van der Waals surface area contributed by atoms with Gasteiger partial charge in [0, 0.05) is 0 Å². The fourth-order valence-electron chi connectivity index (χ4n) is 4.07. The van der Waals surface area contributed by atoms with E-state index in [1.165, 1.54) is 54.4 Å². The van der Waals surface area contributed by atoms with Crippen molar-refractivity contribution in [3.63, 3.8) is 0 Å². The van der Waals surface area contributed by atoms with E-state index in [1.807, 2.05) is 0 Å². The third-order valence-electron chi connectivity index (χ3n) is 6.77. The standard InChI is InChI=1S/4C10H14/c1-10(2,3)9-7-5-4-6-8-9;1-9(2)8-10-6-4-3-5-7-10;1-3-9(2)10-7-5-4-6-8-10;1-2-3-7-10-8-5-4-6-9-10/h4-8H,1-3H3;3-7,9H,8H2,1-2H3;4-9H,3H2,1-2H3;4-6,8-9H,2-3,7H2,1H3. The Morgan fingerprint density at radius 3 is 1.35 bits per heavy atom. The van der Waals surface area contributed by atoms with Gasteiger partial charge in [0.25, 0.3) is 0 Å². The third kappa shape index (κ3) is 16.8. The molecule has 4 aromatic carbocycles. The molecule has 1 unspecified atom stereocenters. The Balaban J connectivity index is 0.000000267. The maximum absolute atomic E-state index is 2.26. The quantitative estimate of drug-likeness (QED) is 0.220. The van der Waals surface area contributed by atoms with Crippen LogP contribution in [-0.4, -0.2) is 0 Å². The maximum Gasteiger partial charge on any atom is -0.0132 e. The fraction of sp³-hybridized carbons (Fsp3) is 0.400. The van der Waals surface area contributed by atoms with E-state index in [0.717, 1.165) is 5.92 Å². The molecule has 0 amide bonds. The van der Waals surface area contributed by atoms with Gasteiger partial charge < -0.3 is 0 Å². The van der Waals surface area contributed by atoms with Gasteiger partial charge in [0.05, 0.1) is 0 Å². The van der Waals surface area contributed by atoms with Crippen molar-refractivity contribution in [2.75, 3.05) is 0 Å². The van der Waals surface area contributed by atoms with Crippen LogP contribution in [0.1, 0.15) is 103 Å². The predicted octanol–water partition coefficient (Wildman–Crippen LogP) is 12.1. The van der Waals surface area contributed by atoms with Gasteiger partial charge >= 0.3 is 0 Å². The first-order valence-corrected chi connectivity index (χ1v) is 15.4. The monoisotopic (exact) mass is 536 g/mol. The summed E-state index contributed by atoms with van der Waals surface area (Å²) < 4.78 is 0. The molecule has 0 radical (unpaired) electrons. The highest BCUT2D eigenvalue weighted by atomic mass is 14.2. The van der Waals surface area contributed by atoms with Crippen LogP contribution in [-0.2, 0) is 18.3 Å². The summed E-state index contributed by atoms with van der Waals surface area (Å²) in [6, 6.07) is 42.4. The molecule has 0 saturated carbocycles. The van der Waals surface area contributed by atoms with Gasteiger partial charge in [-0.1, -0.05) is 183 Å². The van der Waals surface area contributed by atoms with Crippen LogP contribution >= 0.6 is 0 Å². The number of unbranched alkanes of at least 4 members (excludes halogenated alkanes) is 1. The highest BCUT2D eigenvalue weighted by Gasteiger charge is 2.11. The van der Waals surface area contributed by atoms with Gasteiger partial charge in [0.2, 0.25) is 0 Å². The van der Waals surface area contributed by atoms with Gasteiger partial charge in [0.15, 0.2) is 0 Å². The first kappa shape index (κ1) is 34.9. The summed E-state index contributed by atoms with van der Waals surface area (Å²) in [6.45, 7) is 17.9. The second-order valence-corrected chi connectivity index (χ2v) is 12.0. The molecule has 0 aromatic heterocycles. The SMILES string of the molecule is CC(C)(C)c1ccccc1.CC(C)Cc1ccccc1.CCC(C)c1ccccc1.CCCCc1ccccc1. The molecule has 216 valence electrons. The molecular weight excluding hydrogens is 480 g/mol. The lowest BCUT2D eigenvalue weighted by Crippen LogP contribution is -2.10. The first-order valence-electron chi connectivity index (χ1n) is 15.4. The van der Waals surface area contributed by atoms with E-state index >= 15 is 0 Å². The van der Waals surface area contributed by atoms with Crippen molar-refractivity contribution in [2.24, 2.45) is 5.92 Å². The molecule has 0 nitrogen and oxygen atoms in total. The summed E-state index contributed by atoms with van der Waals surface area (Å²) in [5, 5.41) is 0. The van der Waals surface area contributed by atoms with Crippen LogP contribution in [0.4, 0.5) is 0 Å². The molecule has 0 N–H and O–H groups in total. The molecule has 40 heavy (non-hydrogen) atoms. The minimum atomic E-state index is 0.293. The average Bonchev–Trinajstić information content (AvgIpc) is 2.98. The summed E-state index contributed by atoms with van der Waals surface area (Å²) >= 11 is 0. The van der Waals surface area contributed by atoms with Crippen LogP contribution in [0.3, 0.4) is 0 Å². The molecule has 0 aliphatic carbocycles. The third-order valence-corrected chi connectivity index (χ3v) is 6.77. The van der Waals surface area contributed by atoms with E-state index < -0.39 is 0 Å². The van der Waals surface area contributed by atoms with Crippen LogP contribution in [0, 0.1) is 5.92 Å². The van der Waals surface area contributed by atoms with Gasteiger partial charge in [-0.25, -0.2) is 0 Å². The molecule has 0 aliphatic rings. The normalized spacial score (nSPS) is 11.1. The summed E-state index contributed by atoms with van der Waals surface area (Å²) in [7, 11) is 0. The number of hydrogen-bond donors (Lipinski definition) is 0. The van der Waals surface area contributed by atoms with Crippen molar-refractivity contribution in [3.8, 4) is 0 Å². The number of aryl methyl sites for hydroxylation is 1. The molecule has 0 aliphatic heterocycles. The van der Waals surface area contributed by atoms with Crippen LogP contribution in [0.5, 0.6) is 0 Å². The van der Waals surface area contributed by atoms with Gasteiger partial charge in [0.1, 0.15) is 0 Å². The molecule has 0 heteroatoms. The van der Waals surface area contributed by atoms with Crippen molar-refractivity contribution < 1.29 is 0 Å². The molecular formula is C40H56. The van der Waals surface area contributed by atoms with Gasteiger partial charge in [-0.15, -0.1) is 0 Å². The largest absolute Gasteiger partial charge is 0.0654 e. The predicted molar refractivity (Wildman–Crippen MR) is 180 cm³/mol. The number of benzene rings is 4. The van der Waals surface area contributed by atoms with Crippen LogP contribution in [0.25, 0.3) is 0 Å². The summed E-state index contributed by atoms with van der Waals surface area (Å²) in [5.41, 5.74) is 6.04. The lowest BCUT2D eigenvalue weighted by Gasteiger charge is -2.18. The molecule has 4 aromatic rings. The smallest absolute Gasteiger partial charge is 0.0132 e. The van der Waals surface area contributed by atoms with Gasteiger partial charge in [-0.05, 0) is 65.2 Å². The Bertz CT molecular complexity index is 1070. The zero-order valence-electron chi connectivity index (χ0n) is 26.7. The van der Waals surface area contributed by atoms with E-state index in [1.54, 1.807) is 0 Å². The highest BCUT2D eigenvalue weighted by Crippen LogP contribution is 2.20. The molecule has 0 bridgehead atoms. The topological polar surface area (TPSA) is 0 Å². The minimum absolute atomic E-state index is 0.293. The highest BCUT2D eigenvalue weighted by molar-refractivity contribution is 5.22. The Labute approximate surface area is 247 Å². The molecule has 0 spiro atoms. The molecule has 0 fully saturated rings. The van der Waals surface area contributed by atoms with Gasteiger partial charge in [-0.3, -0.25) is 0 Å². The van der Waals surface area contributed by atoms with Crippen molar-refractivity contribution in [3.05, 3.63) is 144 Å². The van der Waals surface area contributed by atoms with E-state index in [2.05, 4.69) is 177 Å². The van der Waals surface area contributed by atoms with Crippen LogP contribution < -0.4 is 0 Å².